The van der Waals surface area contributed by atoms with Crippen molar-refractivity contribution in [1.82, 2.24) is 15.0 Å². The molecule has 0 bridgehead atoms. The fourth-order valence-electron chi connectivity index (χ4n) is 0.898. The zero-order chi connectivity index (χ0) is 10.0. The van der Waals surface area contributed by atoms with Gasteiger partial charge in [-0.1, -0.05) is 27.7 Å². The van der Waals surface area contributed by atoms with E-state index in [0.29, 0.717) is 5.28 Å². The third kappa shape index (κ3) is 2.62. The van der Waals surface area contributed by atoms with Crippen LogP contribution in [0.2, 0.25) is 5.28 Å². The molecule has 1 rings (SSSR count). The molecule has 0 aliphatic heterocycles. The number of aromatic nitrogens is 3. The molecule has 4 heteroatoms. The van der Waals surface area contributed by atoms with Crippen molar-refractivity contribution in [1.29, 1.82) is 0 Å². The monoisotopic (exact) mass is 199 g/mol. The Morgan fingerprint density at radius 3 is 1.54 bits per heavy atom. The fourth-order valence-corrected chi connectivity index (χ4v) is 1.07. The van der Waals surface area contributed by atoms with Crippen molar-refractivity contribution in [3.05, 3.63) is 16.9 Å². The van der Waals surface area contributed by atoms with Gasteiger partial charge in [0.2, 0.25) is 5.28 Å². The van der Waals surface area contributed by atoms with Gasteiger partial charge in [0.25, 0.3) is 0 Å². The van der Waals surface area contributed by atoms with Gasteiger partial charge >= 0.3 is 0 Å². The minimum absolute atomic E-state index is 0.290. The quantitative estimate of drug-likeness (QED) is 0.735. The number of hydrogen-bond donors (Lipinski definition) is 0. The molecule has 0 radical (unpaired) electrons. The molecule has 1 heterocycles. The summed E-state index contributed by atoms with van der Waals surface area (Å²) in [5.74, 6) is 2.11. The Morgan fingerprint density at radius 2 is 1.23 bits per heavy atom. The second-order valence-corrected chi connectivity index (χ2v) is 3.97. The van der Waals surface area contributed by atoms with E-state index in [0.717, 1.165) is 11.6 Å². The standard InChI is InChI=1S/C9H14ClN3/c1-5(2)7-11-8(6(3)4)13-9(10)12-7/h5-6H,1-4H3. The van der Waals surface area contributed by atoms with Crippen LogP contribution in [0.25, 0.3) is 0 Å². The van der Waals surface area contributed by atoms with Crippen LogP contribution >= 0.6 is 11.6 Å². The Kier molecular flexibility index (Phi) is 3.20. The SMILES string of the molecule is CC(C)c1nc(Cl)nc(C(C)C)n1. The van der Waals surface area contributed by atoms with Gasteiger partial charge in [0.05, 0.1) is 0 Å². The predicted molar refractivity (Wildman–Crippen MR) is 53.0 cm³/mol. The molecule has 0 aliphatic carbocycles. The lowest BCUT2D eigenvalue weighted by Crippen LogP contribution is -2.06. The molecule has 1 aromatic rings. The van der Waals surface area contributed by atoms with Gasteiger partial charge in [-0.2, -0.15) is 0 Å². The summed E-state index contributed by atoms with van der Waals surface area (Å²) in [5.41, 5.74) is 0. The Labute approximate surface area is 83.6 Å². The molecule has 13 heavy (non-hydrogen) atoms. The first-order valence-corrected chi connectivity index (χ1v) is 4.80. The Bertz CT molecular complexity index is 271. The van der Waals surface area contributed by atoms with E-state index in [9.17, 15) is 0 Å². The third-order valence-electron chi connectivity index (χ3n) is 1.68. The van der Waals surface area contributed by atoms with Gasteiger partial charge in [0, 0.05) is 11.8 Å². The molecule has 1 aromatic heterocycles. The lowest BCUT2D eigenvalue weighted by Gasteiger charge is -2.08. The Hall–Kier alpha value is -0.700. The average Bonchev–Trinajstić information content (AvgIpc) is 2.03. The molecule has 0 amide bonds. The van der Waals surface area contributed by atoms with E-state index in [-0.39, 0.29) is 11.8 Å². The molecule has 0 atom stereocenters. The van der Waals surface area contributed by atoms with E-state index in [1.807, 2.05) is 27.7 Å². The van der Waals surface area contributed by atoms with Crippen molar-refractivity contribution in [2.75, 3.05) is 0 Å². The molecule has 0 aliphatic rings. The van der Waals surface area contributed by atoms with Crippen molar-refractivity contribution in [3.63, 3.8) is 0 Å². The van der Waals surface area contributed by atoms with Crippen LogP contribution in [0.3, 0.4) is 0 Å². The fraction of sp³-hybridized carbons (Fsp3) is 0.667. The normalized spacial score (nSPS) is 11.3. The highest BCUT2D eigenvalue weighted by molar-refractivity contribution is 6.28. The maximum atomic E-state index is 5.78. The Balaban J connectivity index is 3.11. The van der Waals surface area contributed by atoms with Crippen LogP contribution < -0.4 is 0 Å². The third-order valence-corrected chi connectivity index (χ3v) is 1.84. The second kappa shape index (κ2) is 4.01. The number of rotatable bonds is 2. The summed E-state index contributed by atoms with van der Waals surface area (Å²) in [4.78, 5) is 12.4. The number of halogens is 1. The van der Waals surface area contributed by atoms with Crippen LogP contribution in [0.1, 0.15) is 51.2 Å². The summed E-state index contributed by atoms with van der Waals surface area (Å²) >= 11 is 5.78. The molecule has 3 nitrogen and oxygen atoms in total. The maximum absolute atomic E-state index is 5.78. The van der Waals surface area contributed by atoms with Crippen LogP contribution in [0.4, 0.5) is 0 Å². The molecule has 0 N–H and O–H groups in total. The molecule has 0 spiro atoms. The average molecular weight is 200 g/mol. The summed E-state index contributed by atoms with van der Waals surface area (Å²) in [6.07, 6.45) is 0. The minimum Gasteiger partial charge on any atom is -0.217 e. The van der Waals surface area contributed by atoms with Crippen molar-refractivity contribution in [2.24, 2.45) is 0 Å². The van der Waals surface area contributed by atoms with E-state index in [4.69, 9.17) is 11.6 Å². The molecular formula is C9H14ClN3. The largest absolute Gasteiger partial charge is 0.225 e. The molecule has 0 aromatic carbocycles. The molecule has 0 unspecified atom stereocenters. The first-order valence-electron chi connectivity index (χ1n) is 4.42. The van der Waals surface area contributed by atoms with Gasteiger partial charge < -0.3 is 0 Å². The van der Waals surface area contributed by atoms with Crippen LogP contribution in [0.5, 0.6) is 0 Å². The van der Waals surface area contributed by atoms with Crippen molar-refractivity contribution >= 4 is 11.6 Å². The summed E-state index contributed by atoms with van der Waals surface area (Å²) in [7, 11) is 0. The minimum atomic E-state index is 0.290. The topological polar surface area (TPSA) is 38.7 Å². The molecule has 0 saturated carbocycles. The van der Waals surface area contributed by atoms with Crippen LogP contribution in [-0.2, 0) is 0 Å². The molecular weight excluding hydrogens is 186 g/mol. The first kappa shape index (κ1) is 10.4. The zero-order valence-corrected chi connectivity index (χ0v) is 9.13. The Morgan fingerprint density at radius 1 is 0.846 bits per heavy atom. The molecule has 0 saturated heterocycles. The van der Waals surface area contributed by atoms with Gasteiger partial charge in [-0.15, -0.1) is 0 Å². The summed E-state index contributed by atoms with van der Waals surface area (Å²) < 4.78 is 0. The predicted octanol–water partition coefficient (Wildman–Crippen LogP) is 2.77. The van der Waals surface area contributed by atoms with Crippen LogP contribution in [0.15, 0.2) is 0 Å². The maximum Gasteiger partial charge on any atom is 0.225 e. The summed E-state index contributed by atoms with van der Waals surface area (Å²) in [6, 6.07) is 0. The van der Waals surface area contributed by atoms with Gasteiger partial charge in [-0.3, -0.25) is 0 Å². The van der Waals surface area contributed by atoms with E-state index >= 15 is 0 Å². The number of hydrogen-bond acceptors (Lipinski definition) is 3. The highest BCUT2D eigenvalue weighted by atomic mass is 35.5. The lowest BCUT2D eigenvalue weighted by atomic mass is 10.2. The van der Waals surface area contributed by atoms with E-state index in [2.05, 4.69) is 15.0 Å². The van der Waals surface area contributed by atoms with Gasteiger partial charge in [-0.05, 0) is 11.6 Å². The molecule has 0 fully saturated rings. The van der Waals surface area contributed by atoms with E-state index in [1.54, 1.807) is 0 Å². The van der Waals surface area contributed by atoms with Gasteiger partial charge in [0.15, 0.2) is 0 Å². The van der Waals surface area contributed by atoms with Crippen molar-refractivity contribution in [3.8, 4) is 0 Å². The van der Waals surface area contributed by atoms with Gasteiger partial charge in [-0.25, -0.2) is 15.0 Å². The van der Waals surface area contributed by atoms with Crippen molar-refractivity contribution < 1.29 is 0 Å². The molecule has 72 valence electrons. The van der Waals surface area contributed by atoms with Crippen molar-refractivity contribution in [2.45, 2.75) is 39.5 Å². The van der Waals surface area contributed by atoms with Crippen LogP contribution in [-0.4, -0.2) is 15.0 Å². The summed E-state index contributed by atoms with van der Waals surface area (Å²) in [6.45, 7) is 8.15. The first-order chi connectivity index (χ1) is 6.00. The summed E-state index contributed by atoms with van der Waals surface area (Å²) in [5, 5.41) is 0.294. The highest BCUT2D eigenvalue weighted by Gasteiger charge is 2.10. The number of nitrogens with zero attached hydrogens (tertiary/aromatic N) is 3. The van der Waals surface area contributed by atoms with Crippen LogP contribution in [0, 0.1) is 0 Å². The zero-order valence-electron chi connectivity index (χ0n) is 8.37. The highest BCUT2D eigenvalue weighted by Crippen LogP contribution is 2.15. The van der Waals surface area contributed by atoms with E-state index < -0.39 is 0 Å². The van der Waals surface area contributed by atoms with Gasteiger partial charge in [0.1, 0.15) is 11.6 Å². The lowest BCUT2D eigenvalue weighted by molar-refractivity contribution is 0.694. The van der Waals surface area contributed by atoms with E-state index in [1.165, 1.54) is 0 Å². The smallest absolute Gasteiger partial charge is 0.217 e. The second-order valence-electron chi connectivity index (χ2n) is 3.63.